The molecule has 2 aliphatic carbocycles. The number of aliphatic hydroxyl groups excluding tert-OH is 1. The van der Waals surface area contributed by atoms with Crippen LogP contribution >= 0.6 is 0 Å². The zero-order valence-corrected chi connectivity index (χ0v) is 14.1. The van der Waals surface area contributed by atoms with Crippen molar-refractivity contribution >= 4 is 11.8 Å². The van der Waals surface area contributed by atoms with Gasteiger partial charge in [-0.3, -0.25) is 9.59 Å². The first-order chi connectivity index (χ1) is 10.0. The van der Waals surface area contributed by atoms with Crippen LogP contribution < -0.4 is 0 Å². The minimum Gasteiger partial charge on any atom is -0.462 e. The highest BCUT2D eigenvalue weighted by Gasteiger charge is 2.63. The van der Waals surface area contributed by atoms with Crippen molar-refractivity contribution in [3.05, 3.63) is 0 Å². The summed E-state index contributed by atoms with van der Waals surface area (Å²) in [6.07, 6.45) is -0.391. The molecule has 2 fully saturated rings. The molecule has 0 saturated heterocycles. The van der Waals surface area contributed by atoms with Gasteiger partial charge in [-0.15, -0.1) is 0 Å². The summed E-state index contributed by atoms with van der Waals surface area (Å²) in [5.74, 6) is -1.08. The lowest BCUT2D eigenvalue weighted by atomic mass is 9.50. The summed E-state index contributed by atoms with van der Waals surface area (Å²) < 4.78 is 5.54. The fraction of sp³-hybridized carbons (Fsp3) is 0.882. The minimum atomic E-state index is -1.09. The van der Waals surface area contributed by atoms with Crippen LogP contribution in [0.25, 0.3) is 0 Å². The predicted octanol–water partition coefficient (Wildman–Crippen LogP) is 1.69. The lowest BCUT2D eigenvalue weighted by Crippen LogP contribution is -2.65. The number of esters is 1. The van der Waals surface area contributed by atoms with Gasteiger partial charge in [-0.1, -0.05) is 20.8 Å². The van der Waals surface area contributed by atoms with Crippen molar-refractivity contribution in [3.63, 3.8) is 0 Å². The summed E-state index contributed by atoms with van der Waals surface area (Å²) >= 11 is 0. The van der Waals surface area contributed by atoms with Crippen molar-refractivity contribution in [3.8, 4) is 0 Å². The molecule has 0 amide bonds. The molecule has 0 radical (unpaired) electrons. The van der Waals surface area contributed by atoms with Gasteiger partial charge in [-0.25, -0.2) is 0 Å². The highest BCUT2D eigenvalue weighted by molar-refractivity contribution is 5.86. The summed E-state index contributed by atoms with van der Waals surface area (Å²) in [6.45, 7) is 8.77. The monoisotopic (exact) mass is 312 g/mol. The smallest absolute Gasteiger partial charge is 0.302 e. The van der Waals surface area contributed by atoms with E-state index in [1.807, 2.05) is 13.8 Å². The van der Waals surface area contributed by atoms with Crippen LogP contribution in [0.2, 0.25) is 0 Å². The van der Waals surface area contributed by atoms with Crippen LogP contribution in [0, 0.1) is 23.2 Å². The molecule has 2 aliphatic rings. The van der Waals surface area contributed by atoms with Crippen molar-refractivity contribution < 1.29 is 24.5 Å². The van der Waals surface area contributed by atoms with Gasteiger partial charge in [0, 0.05) is 30.6 Å². The lowest BCUT2D eigenvalue weighted by molar-refractivity contribution is -0.220. The van der Waals surface area contributed by atoms with E-state index < -0.39 is 35.1 Å². The van der Waals surface area contributed by atoms with Crippen molar-refractivity contribution in [2.45, 2.75) is 71.7 Å². The second kappa shape index (κ2) is 5.60. The minimum absolute atomic E-state index is 0.0439. The van der Waals surface area contributed by atoms with Gasteiger partial charge in [-0.05, 0) is 25.7 Å². The Morgan fingerprint density at radius 2 is 1.95 bits per heavy atom. The predicted molar refractivity (Wildman–Crippen MR) is 81.0 cm³/mol. The zero-order valence-electron chi connectivity index (χ0n) is 14.1. The molecular formula is C17H28O5. The maximum absolute atomic E-state index is 12.5. The molecule has 0 aromatic rings. The molecule has 0 spiro atoms. The van der Waals surface area contributed by atoms with Crippen LogP contribution in [-0.4, -0.2) is 39.8 Å². The maximum Gasteiger partial charge on any atom is 0.302 e. The molecule has 0 aromatic carbocycles. The molecule has 22 heavy (non-hydrogen) atoms. The Bertz CT molecular complexity index is 470. The first-order valence-corrected chi connectivity index (χ1v) is 8.11. The maximum atomic E-state index is 12.5. The Morgan fingerprint density at radius 3 is 2.45 bits per heavy atom. The van der Waals surface area contributed by atoms with Gasteiger partial charge in [0.2, 0.25) is 0 Å². The first-order valence-electron chi connectivity index (χ1n) is 8.11. The van der Waals surface area contributed by atoms with Gasteiger partial charge < -0.3 is 14.9 Å². The van der Waals surface area contributed by atoms with Gasteiger partial charge in [0.05, 0.1) is 11.7 Å². The van der Waals surface area contributed by atoms with Gasteiger partial charge in [-0.2, -0.15) is 0 Å². The molecule has 0 bridgehead atoms. The first kappa shape index (κ1) is 17.4. The summed E-state index contributed by atoms with van der Waals surface area (Å²) in [5.41, 5.74) is -1.94. The van der Waals surface area contributed by atoms with Crippen LogP contribution in [0.3, 0.4) is 0 Å². The molecule has 1 unspecified atom stereocenters. The summed E-state index contributed by atoms with van der Waals surface area (Å²) in [6, 6.07) is 0. The van der Waals surface area contributed by atoms with E-state index in [2.05, 4.69) is 0 Å². The van der Waals surface area contributed by atoms with Crippen molar-refractivity contribution in [1.29, 1.82) is 0 Å². The molecular weight excluding hydrogens is 284 g/mol. The molecule has 0 aromatic heterocycles. The van der Waals surface area contributed by atoms with Crippen molar-refractivity contribution in [2.75, 3.05) is 0 Å². The van der Waals surface area contributed by atoms with E-state index in [4.69, 9.17) is 4.74 Å². The van der Waals surface area contributed by atoms with Gasteiger partial charge in [0.15, 0.2) is 0 Å². The third-order valence-corrected chi connectivity index (χ3v) is 5.71. The fourth-order valence-corrected chi connectivity index (χ4v) is 4.80. The normalized spacial score (nSPS) is 45.5. The van der Waals surface area contributed by atoms with E-state index in [9.17, 15) is 19.8 Å². The summed E-state index contributed by atoms with van der Waals surface area (Å²) in [5, 5.41) is 21.5. The molecule has 5 nitrogen and oxygen atoms in total. The standard InChI is InChI=1S/C17H28O5/c1-9(2)13-11(19)8-16(4)12(20)6-7-17(5,21)15(16)14(13)22-10(3)18/h9,11,13-15,19,21H,6-8H2,1-5H3/t11-,13+,14+,15?,16-,17+/m0/s1. The van der Waals surface area contributed by atoms with Crippen LogP contribution in [0.1, 0.15) is 53.9 Å². The largest absolute Gasteiger partial charge is 0.462 e. The zero-order chi connectivity index (χ0) is 16.9. The third kappa shape index (κ3) is 2.69. The highest BCUT2D eigenvalue weighted by Crippen LogP contribution is 2.55. The molecule has 5 heteroatoms. The molecule has 6 atom stereocenters. The number of ether oxygens (including phenoxy) is 1. The van der Waals surface area contributed by atoms with Gasteiger partial charge >= 0.3 is 5.97 Å². The second-order valence-electron chi connectivity index (χ2n) is 7.84. The number of carbonyl (C=O) groups excluding carboxylic acids is 2. The third-order valence-electron chi connectivity index (χ3n) is 5.71. The number of hydrogen-bond acceptors (Lipinski definition) is 5. The van der Waals surface area contributed by atoms with E-state index in [1.54, 1.807) is 13.8 Å². The van der Waals surface area contributed by atoms with Gasteiger partial charge in [0.1, 0.15) is 11.9 Å². The number of aliphatic hydroxyl groups is 2. The lowest BCUT2D eigenvalue weighted by Gasteiger charge is -2.57. The molecule has 2 rings (SSSR count). The Morgan fingerprint density at radius 1 is 1.36 bits per heavy atom. The van der Waals surface area contributed by atoms with Crippen LogP contribution in [0.4, 0.5) is 0 Å². The Labute approximate surface area is 132 Å². The molecule has 2 saturated carbocycles. The molecule has 2 N–H and O–H groups in total. The fourth-order valence-electron chi connectivity index (χ4n) is 4.80. The average Bonchev–Trinajstić information content (AvgIpc) is 2.32. The number of Topliss-reactive ketones (excluding diaryl/α,β-unsaturated/α-hetero) is 1. The highest BCUT2D eigenvalue weighted by atomic mass is 16.5. The van der Waals surface area contributed by atoms with E-state index in [0.717, 1.165) is 0 Å². The second-order valence-corrected chi connectivity index (χ2v) is 7.84. The van der Waals surface area contributed by atoms with Crippen LogP contribution in [0.15, 0.2) is 0 Å². The number of carbonyl (C=O) groups is 2. The van der Waals surface area contributed by atoms with Crippen LogP contribution in [0.5, 0.6) is 0 Å². The quantitative estimate of drug-likeness (QED) is 0.758. The molecule has 126 valence electrons. The van der Waals surface area contributed by atoms with Crippen molar-refractivity contribution in [2.24, 2.45) is 23.2 Å². The summed E-state index contributed by atoms with van der Waals surface area (Å²) in [4.78, 5) is 24.1. The summed E-state index contributed by atoms with van der Waals surface area (Å²) in [7, 11) is 0. The van der Waals surface area contributed by atoms with E-state index in [1.165, 1.54) is 6.92 Å². The average molecular weight is 312 g/mol. The topological polar surface area (TPSA) is 83.8 Å². The number of ketones is 1. The number of fused-ring (bicyclic) bond motifs is 1. The number of hydrogen-bond donors (Lipinski definition) is 2. The van der Waals surface area contributed by atoms with E-state index in [-0.39, 0.29) is 17.6 Å². The number of rotatable bonds is 2. The van der Waals surface area contributed by atoms with Gasteiger partial charge in [0.25, 0.3) is 0 Å². The Kier molecular flexibility index (Phi) is 4.44. The Balaban J connectivity index is 2.53. The van der Waals surface area contributed by atoms with E-state index >= 15 is 0 Å². The van der Waals surface area contributed by atoms with E-state index in [0.29, 0.717) is 19.3 Å². The molecule has 0 heterocycles. The van der Waals surface area contributed by atoms with Crippen LogP contribution in [-0.2, 0) is 14.3 Å². The SMILES string of the molecule is CC(=O)O[C@H]1C2[C@@](C)(C[C@H](O)[C@H]1C(C)C)C(=O)CC[C@@]2(C)O. The van der Waals surface area contributed by atoms with Crippen molar-refractivity contribution in [1.82, 2.24) is 0 Å². The molecule has 0 aliphatic heterocycles. The Hall–Kier alpha value is -0.940.